The summed E-state index contributed by atoms with van der Waals surface area (Å²) in [6, 6.07) is 19.1. The van der Waals surface area contributed by atoms with Gasteiger partial charge < -0.3 is 15.4 Å². The van der Waals surface area contributed by atoms with Crippen molar-refractivity contribution >= 4 is 58.2 Å². The summed E-state index contributed by atoms with van der Waals surface area (Å²) in [5.41, 5.74) is 1.66. The van der Waals surface area contributed by atoms with Gasteiger partial charge >= 0.3 is 0 Å². The van der Waals surface area contributed by atoms with Crippen LogP contribution in [0.4, 0.5) is 11.4 Å². The van der Waals surface area contributed by atoms with Gasteiger partial charge in [0, 0.05) is 31.9 Å². The molecule has 0 aliphatic rings. The van der Waals surface area contributed by atoms with E-state index in [4.69, 9.17) is 27.9 Å². The molecule has 160 valence electrons. The first-order valence-corrected chi connectivity index (χ1v) is 11.0. The predicted molar refractivity (Wildman–Crippen MR) is 128 cm³/mol. The SMILES string of the molecule is COc1cccc(C(=O)Nc2cccc(SC(C)C(=O)Nc3cc(Cl)cc(Cl)c3)c2)c1. The van der Waals surface area contributed by atoms with Crippen molar-refractivity contribution in [3.05, 3.63) is 82.3 Å². The second kappa shape index (κ2) is 10.6. The van der Waals surface area contributed by atoms with Gasteiger partial charge in [0.05, 0.1) is 12.4 Å². The Labute approximate surface area is 195 Å². The highest BCUT2D eigenvalue weighted by molar-refractivity contribution is 8.00. The molecular weight excluding hydrogens is 455 g/mol. The third-order valence-corrected chi connectivity index (χ3v) is 5.77. The van der Waals surface area contributed by atoms with E-state index in [1.807, 2.05) is 18.2 Å². The second-order valence-corrected chi connectivity index (χ2v) is 8.91. The normalized spacial score (nSPS) is 11.5. The zero-order chi connectivity index (χ0) is 22.4. The monoisotopic (exact) mass is 474 g/mol. The minimum absolute atomic E-state index is 0.186. The summed E-state index contributed by atoms with van der Waals surface area (Å²) in [4.78, 5) is 25.9. The van der Waals surface area contributed by atoms with Crippen LogP contribution in [0.3, 0.4) is 0 Å². The number of thioether (sulfide) groups is 1. The molecule has 0 heterocycles. The Morgan fingerprint density at radius 3 is 2.32 bits per heavy atom. The largest absolute Gasteiger partial charge is 0.497 e. The van der Waals surface area contributed by atoms with E-state index in [-0.39, 0.29) is 17.1 Å². The zero-order valence-corrected chi connectivity index (χ0v) is 19.1. The molecule has 2 N–H and O–H groups in total. The van der Waals surface area contributed by atoms with Crippen molar-refractivity contribution < 1.29 is 14.3 Å². The molecular formula is C23H20Cl2N2O3S. The number of rotatable bonds is 7. The molecule has 0 aliphatic heterocycles. The van der Waals surface area contributed by atoms with E-state index < -0.39 is 0 Å². The quantitative estimate of drug-likeness (QED) is 0.390. The third-order valence-electron chi connectivity index (χ3n) is 4.24. The van der Waals surface area contributed by atoms with Gasteiger partial charge in [-0.05, 0) is 61.5 Å². The molecule has 0 bridgehead atoms. The average molecular weight is 475 g/mol. The van der Waals surface area contributed by atoms with Crippen LogP contribution in [0.25, 0.3) is 0 Å². The van der Waals surface area contributed by atoms with Crippen molar-refractivity contribution in [2.24, 2.45) is 0 Å². The van der Waals surface area contributed by atoms with Crippen LogP contribution in [0.2, 0.25) is 10.0 Å². The molecule has 2 amide bonds. The zero-order valence-electron chi connectivity index (χ0n) is 16.8. The minimum atomic E-state index is -0.387. The first kappa shape index (κ1) is 23.0. The number of carbonyl (C=O) groups is 2. The molecule has 0 radical (unpaired) electrons. The van der Waals surface area contributed by atoms with Crippen molar-refractivity contribution in [1.29, 1.82) is 0 Å². The number of carbonyl (C=O) groups excluding carboxylic acids is 2. The lowest BCUT2D eigenvalue weighted by atomic mass is 10.2. The number of hydrogen-bond acceptors (Lipinski definition) is 4. The highest BCUT2D eigenvalue weighted by atomic mass is 35.5. The number of methoxy groups -OCH3 is 1. The van der Waals surface area contributed by atoms with Gasteiger partial charge in [-0.25, -0.2) is 0 Å². The molecule has 1 atom stereocenters. The fourth-order valence-electron chi connectivity index (χ4n) is 2.74. The average Bonchev–Trinajstić information content (AvgIpc) is 2.73. The molecule has 5 nitrogen and oxygen atoms in total. The lowest BCUT2D eigenvalue weighted by Crippen LogP contribution is -2.22. The molecule has 31 heavy (non-hydrogen) atoms. The molecule has 0 aliphatic carbocycles. The van der Waals surface area contributed by atoms with Crippen LogP contribution in [0.15, 0.2) is 71.6 Å². The maximum absolute atomic E-state index is 12.5. The van der Waals surface area contributed by atoms with Gasteiger partial charge in [-0.15, -0.1) is 11.8 Å². The van der Waals surface area contributed by atoms with Crippen LogP contribution in [-0.4, -0.2) is 24.2 Å². The molecule has 0 fully saturated rings. The summed E-state index contributed by atoms with van der Waals surface area (Å²) in [6.45, 7) is 1.80. The molecule has 8 heteroatoms. The van der Waals surface area contributed by atoms with Crippen LogP contribution in [0, 0.1) is 0 Å². The van der Waals surface area contributed by atoms with E-state index >= 15 is 0 Å². The summed E-state index contributed by atoms with van der Waals surface area (Å²) >= 11 is 13.3. The summed E-state index contributed by atoms with van der Waals surface area (Å²) in [6.07, 6.45) is 0. The van der Waals surface area contributed by atoms with E-state index in [2.05, 4.69) is 10.6 Å². The third kappa shape index (κ3) is 6.66. The first-order valence-electron chi connectivity index (χ1n) is 9.33. The van der Waals surface area contributed by atoms with Crippen molar-refractivity contribution in [1.82, 2.24) is 0 Å². The summed E-state index contributed by atoms with van der Waals surface area (Å²) in [5.74, 6) is 0.177. The number of hydrogen-bond donors (Lipinski definition) is 2. The molecule has 0 aromatic heterocycles. The second-order valence-electron chi connectivity index (χ2n) is 6.62. The smallest absolute Gasteiger partial charge is 0.255 e. The number of nitrogens with one attached hydrogen (secondary N) is 2. The fourth-order valence-corrected chi connectivity index (χ4v) is 4.19. The van der Waals surface area contributed by atoms with Crippen molar-refractivity contribution in [3.63, 3.8) is 0 Å². The Balaban J connectivity index is 1.64. The van der Waals surface area contributed by atoms with E-state index in [9.17, 15) is 9.59 Å². The highest BCUT2D eigenvalue weighted by Crippen LogP contribution is 2.28. The lowest BCUT2D eigenvalue weighted by molar-refractivity contribution is -0.115. The van der Waals surface area contributed by atoms with E-state index in [0.29, 0.717) is 32.7 Å². The number of anilines is 2. The maximum Gasteiger partial charge on any atom is 0.255 e. The molecule has 3 aromatic rings. The first-order chi connectivity index (χ1) is 14.8. The predicted octanol–water partition coefficient (Wildman–Crippen LogP) is 6.37. The molecule has 3 aromatic carbocycles. The molecule has 1 unspecified atom stereocenters. The van der Waals surface area contributed by atoms with E-state index in [1.165, 1.54) is 11.8 Å². The standard InChI is InChI=1S/C23H20Cl2N2O3S/c1-14(22(28)27-19-11-16(24)10-17(25)12-19)31-21-8-4-6-18(13-21)26-23(29)15-5-3-7-20(9-15)30-2/h3-14H,1-2H3,(H,26,29)(H,27,28). The Kier molecular flexibility index (Phi) is 7.85. The van der Waals surface area contributed by atoms with Gasteiger partial charge in [0.2, 0.25) is 5.91 Å². The van der Waals surface area contributed by atoms with E-state index in [0.717, 1.165) is 4.90 Å². The maximum atomic E-state index is 12.5. The number of halogens is 2. The van der Waals surface area contributed by atoms with Crippen LogP contribution < -0.4 is 15.4 Å². The Morgan fingerprint density at radius 2 is 1.61 bits per heavy atom. The molecule has 3 rings (SSSR count). The topological polar surface area (TPSA) is 67.4 Å². The van der Waals surface area contributed by atoms with Gasteiger partial charge in [-0.2, -0.15) is 0 Å². The Morgan fingerprint density at radius 1 is 0.903 bits per heavy atom. The Bertz CT molecular complexity index is 1090. The van der Waals surface area contributed by atoms with Crippen LogP contribution in [0.1, 0.15) is 17.3 Å². The number of amides is 2. The van der Waals surface area contributed by atoms with Crippen molar-refractivity contribution in [2.45, 2.75) is 17.1 Å². The van der Waals surface area contributed by atoms with Gasteiger partial charge in [-0.1, -0.05) is 35.3 Å². The van der Waals surface area contributed by atoms with Crippen LogP contribution >= 0.6 is 35.0 Å². The summed E-state index contributed by atoms with van der Waals surface area (Å²) < 4.78 is 5.16. The van der Waals surface area contributed by atoms with Gasteiger partial charge in [0.1, 0.15) is 5.75 Å². The highest BCUT2D eigenvalue weighted by Gasteiger charge is 2.16. The lowest BCUT2D eigenvalue weighted by Gasteiger charge is -2.13. The van der Waals surface area contributed by atoms with Gasteiger partial charge in [-0.3, -0.25) is 9.59 Å². The van der Waals surface area contributed by atoms with E-state index in [1.54, 1.807) is 62.6 Å². The molecule has 0 spiro atoms. The molecule has 0 saturated heterocycles. The number of ether oxygens (including phenoxy) is 1. The number of benzene rings is 3. The van der Waals surface area contributed by atoms with Crippen LogP contribution in [0.5, 0.6) is 5.75 Å². The van der Waals surface area contributed by atoms with Crippen molar-refractivity contribution in [3.8, 4) is 5.75 Å². The van der Waals surface area contributed by atoms with Crippen molar-refractivity contribution in [2.75, 3.05) is 17.7 Å². The molecule has 0 saturated carbocycles. The Hall–Kier alpha value is -2.67. The van der Waals surface area contributed by atoms with Gasteiger partial charge in [0.15, 0.2) is 0 Å². The fraction of sp³-hybridized carbons (Fsp3) is 0.130. The van der Waals surface area contributed by atoms with Crippen LogP contribution in [-0.2, 0) is 4.79 Å². The van der Waals surface area contributed by atoms with Gasteiger partial charge in [0.25, 0.3) is 5.91 Å². The summed E-state index contributed by atoms with van der Waals surface area (Å²) in [7, 11) is 1.55. The summed E-state index contributed by atoms with van der Waals surface area (Å²) in [5, 5.41) is 6.19. The minimum Gasteiger partial charge on any atom is -0.497 e.